The maximum atomic E-state index is 15.9. The first-order chi connectivity index (χ1) is 22.7. The lowest BCUT2D eigenvalue weighted by molar-refractivity contribution is -0.143. The number of amides is 1. The standard InChI is InChI=1S/C38H53F2NO6Si/c1-7-45-36(44)17-13-8-9-14-26-41-32(23-25-35(41)43)22-24-34(38(39,40)31-15-11-10-12-16-31)46-28-33(42)30-20-18-29(19-21-30)27-47-48(5,6)37(2,3)4/h10-12,15-16,18-22,24,32,34H,7-9,13-14,17,23,25-28H2,1-6H3/t32-,34+/m0/s1. The molecule has 1 aliphatic heterocycles. The third-order valence-electron chi connectivity index (χ3n) is 9.31. The van der Waals surface area contributed by atoms with E-state index in [1.54, 1.807) is 36.1 Å². The molecule has 1 heterocycles. The van der Waals surface area contributed by atoms with Crippen molar-refractivity contribution in [2.24, 2.45) is 0 Å². The molecule has 2 aromatic carbocycles. The smallest absolute Gasteiger partial charge is 0.305 e. The van der Waals surface area contributed by atoms with Crippen LogP contribution in [0, 0.1) is 0 Å². The summed E-state index contributed by atoms with van der Waals surface area (Å²) in [5, 5.41) is 0.0754. The summed E-state index contributed by atoms with van der Waals surface area (Å²) < 4.78 is 48.6. The summed E-state index contributed by atoms with van der Waals surface area (Å²) in [4.78, 5) is 39.0. The van der Waals surface area contributed by atoms with Crippen molar-refractivity contribution in [1.82, 2.24) is 4.90 Å². The number of benzene rings is 2. The number of halogens is 2. The molecule has 0 bridgehead atoms. The van der Waals surface area contributed by atoms with E-state index in [-0.39, 0.29) is 28.5 Å². The van der Waals surface area contributed by atoms with Crippen LogP contribution in [-0.4, -0.2) is 62.8 Å². The van der Waals surface area contributed by atoms with Gasteiger partial charge in [-0.3, -0.25) is 14.4 Å². The van der Waals surface area contributed by atoms with Crippen molar-refractivity contribution in [2.75, 3.05) is 19.8 Å². The molecule has 10 heteroatoms. The minimum atomic E-state index is -3.42. The Hall–Kier alpha value is -3.21. The Morgan fingerprint density at radius 1 is 1.00 bits per heavy atom. The summed E-state index contributed by atoms with van der Waals surface area (Å²) in [6.07, 6.45) is 5.58. The molecule has 0 aliphatic carbocycles. The lowest BCUT2D eigenvalue weighted by Crippen LogP contribution is -2.40. The van der Waals surface area contributed by atoms with E-state index in [0.29, 0.717) is 44.6 Å². The Bertz CT molecular complexity index is 1360. The highest BCUT2D eigenvalue weighted by molar-refractivity contribution is 6.74. The zero-order valence-electron chi connectivity index (χ0n) is 29.4. The van der Waals surface area contributed by atoms with Gasteiger partial charge in [0, 0.05) is 30.5 Å². The Morgan fingerprint density at radius 2 is 1.67 bits per heavy atom. The fraction of sp³-hybridized carbons (Fsp3) is 0.553. The molecule has 7 nitrogen and oxygen atoms in total. The third kappa shape index (κ3) is 11.4. The molecule has 1 saturated heterocycles. The molecule has 0 saturated carbocycles. The van der Waals surface area contributed by atoms with E-state index in [1.165, 1.54) is 30.3 Å². The molecular formula is C38H53F2NO6Si. The van der Waals surface area contributed by atoms with E-state index in [4.69, 9.17) is 13.9 Å². The average Bonchev–Trinajstić information content (AvgIpc) is 3.40. The van der Waals surface area contributed by atoms with Crippen molar-refractivity contribution in [2.45, 2.75) is 115 Å². The lowest BCUT2D eigenvalue weighted by Gasteiger charge is -2.36. The van der Waals surface area contributed by atoms with E-state index in [1.807, 2.05) is 12.1 Å². The molecule has 0 radical (unpaired) electrons. The summed E-state index contributed by atoms with van der Waals surface area (Å²) in [6.45, 7) is 13.4. The molecule has 3 rings (SSSR count). The van der Waals surface area contributed by atoms with E-state index in [9.17, 15) is 14.4 Å². The Morgan fingerprint density at radius 3 is 2.31 bits per heavy atom. The van der Waals surface area contributed by atoms with E-state index < -0.39 is 32.7 Å². The predicted octanol–water partition coefficient (Wildman–Crippen LogP) is 8.63. The zero-order chi connectivity index (χ0) is 35.4. The highest BCUT2D eigenvalue weighted by Crippen LogP contribution is 2.37. The number of ketones is 1. The van der Waals surface area contributed by atoms with Gasteiger partial charge in [0.2, 0.25) is 5.91 Å². The molecule has 1 amide bonds. The number of alkyl halides is 2. The number of unbranched alkanes of at least 4 members (excludes halogenated alkanes) is 3. The van der Waals surface area contributed by atoms with Crippen molar-refractivity contribution in [3.8, 4) is 0 Å². The van der Waals surface area contributed by atoms with Crippen LogP contribution in [0.5, 0.6) is 0 Å². The number of nitrogens with zero attached hydrogens (tertiary/aromatic N) is 1. The van der Waals surface area contributed by atoms with Crippen LogP contribution in [-0.2, 0) is 36.0 Å². The van der Waals surface area contributed by atoms with Gasteiger partial charge in [0.1, 0.15) is 12.7 Å². The van der Waals surface area contributed by atoms with Crippen molar-refractivity contribution >= 4 is 26.0 Å². The fourth-order valence-electron chi connectivity index (χ4n) is 5.24. The molecule has 0 spiro atoms. The first-order valence-corrected chi connectivity index (χ1v) is 20.0. The number of likely N-dealkylation sites (tertiary alicyclic amines) is 1. The summed E-state index contributed by atoms with van der Waals surface area (Å²) in [6, 6.07) is 14.1. The van der Waals surface area contributed by atoms with Gasteiger partial charge in [-0.05, 0) is 49.9 Å². The van der Waals surface area contributed by atoms with Crippen molar-refractivity contribution < 1.29 is 37.1 Å². The number of Topliss-reactive ketones (excluding diaryl/α,β-unsaturated/α-hetero) is 1. The second kappa shape index (κ2) is 18.0. The summed E-state index contributed by atoms with van der Waals surface area (Å²) in [5.74, 6) is -4.05. The van der Waals surface area contributed by atoms with Gasteiger partial charge in [-0.2, -0.15) is 8.78 Å². The number of esters is 1. The summed E-state index contributed by atoms with van der Waals surface area (Å²) >= 11 is 0. The number of hydrogen-bond acceptors (Lipinski definition) is 6. The van der Waals surface area contributed by atoms with Gasteiger partial charge < -0.3 is 18.8 Å². The predicted molar refractivity (Wildman–Crippen MR) is 186 cm³/mol. The second-order valence-corrected chi connectivity index (χ2v) is 18.7. The van der Waals surface area contributed by atoms with Crippen LogP contribution in [0.2, 0.25) is 18.1 Å². The van der Waals surface area contributed by atoms with Crippen LogP contribution in [0.1, 0.15) is 94.1 Å². The number of rotatable bonds is 19. The maximum Gasteiger partial charge on any atom is 0.305 e. The normalized spacial score (nSPS) is 16.5. The maximum absolute atomic E-state index is 15.9. The molecule has 0 aromatic heterocycles. The van der Waals surface area contributed by atoms with E-state index in [2.05, 4.69) is 33.9 Å². The minimum Gasteiger partial charge on any atom is -0.466 e. The number of carbonyl (C=O) groups excluding carboxylic acids is 3. The largest absolute Gasteiger partial charge is 0.466 e. The third-order valence-corrected chi connectivity index (χ3v) is 13.8. The summed E-state index contributed by atoms with van der Waals surface area (Å²) in [5.41, 5.74) is 1.08. The number of ether oxygens (including phenoxy) is 2. The van der Waals surface area contributed by atoms with Gasteiger partial charge in [-0.1, -0.05) is 100 Å². The van der Waals surface area contributed by atoms with Crippen molar-refractivity contribution in [1.29, 1.82) is 0 Å². The molecule has 2 atom stereocenters. The SMILES string of the molecule is CCOC(=O)CCCCCCN1C(=O)CC[C@@H]1C=C[C@@H](OCC(=O)c1ccc(CO[Si](C)(C)C(C)(C)C)cc1)C(F)(F)c1ccccc1. The van der Waals surface area contributed by atoms with Crippen molar-refractivity contribution in [3.05, 3.63) is 83.4 Å². The second-order valence-electron chi connectivity index (χ2n) is 13.9. The highest BCUT2D eigenvalue weighted by Gasteiger charge is 2.42. The lowest BCUT2D eigenvalue weighted by atomic mass is 10.0. The monoisotopic (exact) mass is 685 g/mol. The first kappa shape index (κ1) is 39.2. The van der Waals surface area contributed by atoms with Crippen LogP contribution in [0.15, 0.2) is 66.7 Å². The summed E-state index contributed by atoms with van der Waals surface area (Å²) in [7, 11) is -1.94. The van der Waals surface area contributed by atoms with E-state index in [0.717, 1.165) is 31.2 Å². The average molecular weight is 686 g/mol. The van der Waals surface area contributed by atoms with Gasteiger partial charge in [0.25, 0.3) is 0 Å². The van der Waals surface area contributed by atoms with Gasteiger partial charge in [0.05, 0.1) is 19.3 Å². The molecule has 0 N–H and O–H groups in total. The first-order valence-electron chi connectivity index (χ1n) is 17.1. The number of carbonyl (C=O) groups is 3. The Balaban J connectivity index is 1.64. The van der Waals surface area contributed by atoms with Crippen LogP contribution in [0.25, 0.3) is 0 Å². The zero-order valence-corrected chi connectivity index (χ0v) is 30.4. The van der Waals surface area contributed by atoms with Gasteiger partial charge in [-0.25, -0.2) is 0 Å². The molecule has 0 unspecified atom stereocenters. The molecular weight excluding hydrogens is 633 g/mol. The molecule has 48 heavy (non-hydrogen) atoms. The quantitative estimate of drug-likeness (QED) is 0.0484. The molecule has 1 aliphatic rings. The number of hydrogen-bond donors (Lipinski definition) is 0. The Labute approximate surface area is 286 Å². The van der Waals surface area contributed by atoms with Crippen LogP contribution < -0.4 is 0 Å². The molecule has 1 fully saturated rings. The Kier molecular flexibility index (Phi) is 14.7. The van der Waals surface area contributed by atoms with E-state index >= 15 is 8.78 Å². The fourth-order valence-corrected chi connectivity index (χ4v) is 6.20. The van der Waals surface area contributed by atoms with Gasteiger partial charge >= 0.3 is 11.9 Å². The minimum absolute atomic E-state index is 0.0169. The van der Waals surface area contributed by atoms with Crippen LogP contribution in [0.4, 0.5) is 8.78 Å². The van der Waals surface area contributed by atoms with Gasteiger partial charge in [-0.15, -0.1) is 0 Å². The van der Waals surface area contributed by atoms with Gasteiger partial charge in [0.15, 0.2) is 14.1 Å². The van der Waals surface area contributed by atoms with Crippen LogP contribution in [0.3, 0.4) is 0 Å². The van der Waals surface area contributed by atoms with Crippen molar-refractivity contribution in [3.63, 3.8) is 0 Å². The molecule has 264 valence electrons. The molecule has 2 aromatic rings. The van der Waals surface area contributed by atoms with Crippen LogP contribution >= 0.6 is 0 Å². The highest BCUT2D eigenvalue weighted by atomic mass is 28.4. The topological polar surface area (TPSA) is 82.1 Å².